The molecule has 1 aromatic heterocycles. The Balaban J connectivity index is 1.45. The summed E-state index contributed by atoms with van der Waals surface area (Å²) < 4.78 is 0. The summed E-state index contributed by atoms with van der Waals surface area (Å²) in [5.41, 5.74) is 8.31. The maximum atomic E-state index is 12.8. The van der Waals surface area contributed by atoms with Crippen molar-refractivity contribution in [2.75, 3.05) is 13.1 Å². The molecule has 4 rings (SSSR count). The number of imidazole rings is 1. The second-order valence-electron chi connectivity index (χ2n) is 6.69. The largest absolute Gasteiger partial charge is 0.348 e. The number of carbonyl (C=O) groups is 1. The average Bonchev–Trinajstić information content (AvgIpc) is 3.21. The van der Waals surface area contributed by atoms with Gasteiger partial charge in [0.05, 0.1) is 6.33 Å². The molecule has 3 aromatic rings. The number of nitrogens with zero attached hydrogens (tertiary/aromatic N) is 2. The summed E-state index contributed by atoms with van der Waals surface area (Å²) in [4.78, 5) is 22.0. The van der Waals surface area contributed by atoms with Gasteiger partial charge in [0.15, 0.2) is 0 Å². The van der Waals surface area contributed by atoms with Gasteiger partial charge >= 0.3 is 0 Å². The molecular formula is C20H22N4O. The number of amides is 1. The van der Waals surface area contributed by atoms with Gasteiger partial charge in [0, 0.05) is 30.9 Å². The van der Waals surface area contributed by atoms with Gasteiger partial charge in [0.2, 0.25) is 5.91 Å². The minimum Gasteiger partial charge on any atom is -0.348 e. The second-order valence-corrected chi connectivity index (χ2v) is 6.69. The van der Waals surface area contributed by atoms with Gasteiger partial charge in [-0.2, -0.15) is 0 Å². The third-order valence-electron chi connectivity index (χ3n) is 5.16. The number of piperidine rings is 1. The molecule has 1 atom stereocenters. The topological polar surface area (TPSA) is 75.0 Å². The van der Waals surface area contributed by atoms with Crippen LogP contribution in [0.25, 0.3) is 10.8 Å². The summed E-state index contributed by atoms with van der Waals surface area (Å²) in [5.74, 6) is 0.460. The van der Waals surface area contributed by atoms with Crippen LogP contribution < -0.4 is 5.73 Å². The Morgan fingerprint density at radius 2 is 1.92 bits per heavy atom. The Labute approximate surface area is 146 Å². The Morgan fingerprint density at radius 1 is 1.16 bits per heavy atom. The Bertz CT molecular complexity index is 866. The molecule has 1 unspecified atom stereocenters. The van der Waals surface area contributed by atoms with Crippen LogP contribution in [0.1, 0.15) is 36.1 Å². The van der Waals surface area contributed by atoms with Gasteiger partial charge in [-0.3, -0.25) is 4.79 Å². The molecular weight excluding hydrogens is 312 g/mol. The van der Waals surface area contributed by atoms with Crippen molar-refractivity contribution in [3.8, 4) is 0 Å². The van der Waals surface area contributed by atoms with E-state index in [0.717, 1.165) is 48.0 Å². The predicted octanol–water partition coefficient (Wildman–Crippen LogP) is 2.97. The summed E-state index contributed by atoms with van der Waals surface area (Å²) in [5, 5.41) is 2.27. The zero-order chi connectivity index (χ0) is 17.2. The highest BCUT2D eigenvalue weighted by molar-refractivity contribution is 5.87. The smallest absolute Gasteiger partial charge is 0.244 e. The number of rotatable bonds is 3. The molecule has 1 saturated heterocycles. The van der Waals surface area contributed by atoms with Crippen molar-refractivity contribution >= 4 is 16.7 Å². The Hall–Kier alpha value is -2.66. The molecule has 5 heteroatoms. The van der Waals surface area contributed by atoms with Gasteiger partial charge in [0.25, 0.3) is 0 Å². The summed E-state index contributed by atoms with van der Waals surface area (Å²) in [6, 6.07) is 13.5. The number of carbonyl (C=O) groups excluding carboxylic acids is 1. The number of nitrogens with two attached hydrogens (primary N) is 1. The highest BCUT2D eigenvalue weighted by Crippen LogP contribution is 2.28. The van der Waals surface area contributed by atoms with Crippen LogP contribution in [-0.4, -0.2) is 33.9 Å². The van der Waals surface area contributed by atoms with Gasteiger partial charge in [0.1, 0.15) is 6.04 Å². The lowest BCUT2D eigenvalue weighted by Gasteiger charge is -2.33. The molecule has 1 aliphatic rings. The van der Waals surface area contributed by atoms with Crippen LogP contribution in [0.2, 0.25) is 0 Å². The zero-order valence-corrected chi connectivity index (χ0v) is 14.1. The first-order chi connectivity index (χ1) is 12.2. The molecule has 1 amide bonds. The highest BCUT2D eigenvalue weighted by Gasteiger charge is 2.28. The first-order valence-corrected chi connectivity index (χ1v) is 8.74. The average molecular weight is 334 g/mol. The molecule has 2 aromatic carbocycles. The summed E-state index contributed by atoms with van der Waals surface area (Å²) >= 11 is 0. The first kappa shape index (κ1) is 15.8. The Kier molecular flexibility index (Phi) is 4.24. The molecule has 0 saturated carbocycles. The van der Waals surface area contributed by atoms with Crippen molar-refractivity contribution in [3.63, 3.8) is 0 Å². The number of nitrogens with one attached hydrogen (secondary N) is 1. The van der Waals surface area contributed by atoms with Crippen LogP contribution in [0.4, 0.5) is 0 Å². The zero-order valence-electron chi connectivity index (χ0n) is 14.1. The molecule has 5 nitrogen and oxygen atoms in total. The van der Waals surface area contributed by atoms with Crippen molar-refractivity contribution in [2.24, 2.45) is 5.73 Å². The third-order valence-corrected chi connectivity index (χ3v) is 5.16. The number of likely N-dealkylation sites (tertiary alicyclic amines) is 1. The number of H-pyrrole nitrogens is 1. The van der Waals surface area contributed by atoms with Gasteiger partial charge in [-0.15, -0.1) is 0 Å². The van der Waals surface area contributed by atoms with Crippen LogP contribution in [0.3, 0.4) is 0 Å². The monoisotopic (exact) mass is 334 g/mol. The lowest BCUT2D eigenvalue weighted by molar-refractivity contribution is -0.133. The number of hydrogen-bond acceptors (Lipinski definition) is 3. The predicted molar refractivity (Wildman–Crippen MR) is 98.0 cm³/mol. The van der Waals surface area contributed by atoms with E-state index >= 15 is 0 Å². The maximum Gasteiger partial charge on any atom is 0.244 e. The minimum atomic E-state index is -0.603. The van der Waals surface area contributed by atoms with E-state index < -0.39 is 6.04 Å². The molecule has 1 aliphatic heterocycles. The van der Waals surface area contributed by atoms with Gasteiger partial charge < -0.3 is 15.6 Å². The Morgan fingerprint density at radius 3 is 2.64 bits per heavy atom. The summed E-state index contributed by atoms with van der Waals surface area (Å²) in [6.45, 7) is 1.48. The number of benzene rings is 2. The summed E-state index contributed by atoms with van der Waals surface area (Å²) in [6.07, 6.45) is 5.47. The van der Waals surface area contributed by atoms with Gasteiger partial charge in [-0.25, -0.2) is 4.98 Å². The highest BCUT2D eigenvalue weighted by atomic mass is 16.2. The third kappa shape index (κ3) is 3.15. The molecule has 0 radical (unpaired) electrons. The molecule has 128 valence electrons. The van der Waals surface area contributed by atoms with Crippen molar-refractivity contribution in [3.05, 3.63) is 66.2 Å². The number of aromatic amines is 1. The van der Waals surface area contributed by atoms with Gasteiger partial charge in [-0.1, -0.05) is 36.4 Å². The molecule has 1 fully saturated rings. The van der Waals surface area contributed by atoms with E-state index in [0.29, 0.717) is 5.92 Å². The van der Waals surface area contributed by atoms with Crippen molar-refractivity contribution < 1.29 is 4.79 Å². The SMILES string of the molecule is NC(C(=O)N1CCC(c2cnc[nH]2)CC1)c1ccc2ccccc2c1. The molecule has 3 N–H and O–H groups in total. The van der Waals surface area contributed by atoms with Crippen molar-refractivity contribution in [1.29, 1.82) is 0 Å². The summed E-state index contributed by atoms with van der Waals surface area (Å²) in [7, 11) is 0. The fraction of sp³-hybridized carbons (Fsp3) is 0.300. The minimum absolute atomic E-state index is 0.0124. The molecule has 2 heterocycles. The van der Waals surface area contributed by atoms with Crippen LogP contribution in [0.15, 0.2) is 55.0 Å². The molecule has 25 heavy (non-hydrogen) atoms. The van der Waals surface area contributed by atoms with E-state index in [4.69, 9.17) is 5.73 Å². The van der Waals surface area contributed by atoms with E-state index in [2.05, 4.69) is 16.0 Å². The van der Waals surface area contributed by atoms with E-state index in [9.17, 15) is 4.79 Å². The van der Waals surface area contributed by atoms with Crippen molar-refractivity contribution in [2.45, 2.75) is 24.8 Å². The molecule has 0 bridgehead atoms. The molecule has 0 spiro atoms. The second kappa shape index (κ2) is 6.69. The molecule has 0 aliphatic carbocycles. The number of aromatic nitrogens is 2. The lowest BCUT2D eigenvalue weighted by Crippen LogP contribution is -2.43. The van der Waals surface area contributed by atoms with E-state index in [1.807, 2.05) is 47.5 Å². The van der Waals surface area contributed by atoms with E-state index in [1.165, 1.54) is 0 Å². The van der Waals surface area contributed by atoms with Crippen LogP contribution in [0, 0.1) is 0 Å². The van der Waals surface area contributed by atoms with E-state index in [-0.39, 0.29) is 5.91 Å². The fourth-order valence-electron chi connectivity index (χ4n) is 3.64. The maximum absolute atomic E-state index is 12.8. The lowest BCUT2D eigenvalue weighted by atomic mass is 9.93. The fourth-order valence-corrected chi connectivity index (χ4v) is 3.64. The van der Waals surface area contributed by atoms with Crippen LogP contribution in [0.5, 0.6) is 0 Å². The standard InChI is InChI=1S/C20H22N4O/c21-19(17-6-5-14-3-1-2-4-16(14)11-17)20(25)24-9-7-15(8-10-24)18-12-22-13-23-18/h1-6,11-13,15,19H,7-10,21H2,(H,22,23). The van der Waals surface area contributed by atoms with E-state index in [1.54, 1.807) is 6.33 Å². The van der Waals surface area contributed by atoms with Crippen LogP contribution in [-0.2, 0) is 4.79 Å². The normalized spacial score (nSPS) is 16.9. The van der Waals surface area contributed by atoms with Crippen LogP contribution >= 0.6 is 0 Å². The number of hydrogen-bond donors (Lipinski definition) is 2. The number of fused-ring (bicyclic) bond motifs is 1. The quantitative estimate of drug-likeness (QED) is 0.773. The van der Waals surface area contributed by atoms with Crippen molar-refractivity contribution in [1.82, 2.24) is 14.9 Å². The first-order valence-electron chi connectivity index (χ1n) is 8.74. The van der Waals surface area contributed by atoms with Gasteiger partial charge in [-0.05, 0) is 35.2 Å².